The molecule has 0 heterocycles. The molecule has 0 spiro atoms. The van der Waals surface area contributed by atoms with Gasteiger partial charge in [-0.05, 0) is 37.0 Å². The summed E-state index contributed by atoms with van der Waals surface area (Å²) in [6, 6.07) is 5.92. The Hall–Kier alpha value is -0.390. The van der Waals surface area contributed by atoms with Gasteiger partial charge in [-0.2, -0.15) is 0 Å². The summed E-state index contributed by atoms with van der Waals surface area (Å²) in [7, 11) is -2.88. The van der Waals surface area contributed by atoms with E-state index in [4.69, 9.17) is 5.73 Å². The Bertz CT molecular complexity index is 500. The van der Waals surface area contributed by atoms with Crippen LogP contribution in [0.2, 0.25) is 0 Å². The third-order valence-corrected chi connectivity index (χ3v) is 5.68. The Kier molecular flexibility index (Phi) is 5.82. The van der Waals surface area contributed by atoms with Gasteiger partial charge in [-0.15, -0.1) is 0 Å². The molecule has 0 aliphatic rings. The predicted molar refractivity (Wildman–Crippen MR) is 79.4 cm³/mol. The van der Waals surface area contributed by atoms with E-state index >= 15 is 0 Å². The van der Waals surface area contributed by atoms with Gasteiger partial charge in [-0.1, -0.05) is 35.0 Å². The van der Waals surface area contributed by atoms with Gasteiger partial charge in [-0.25, -0.2) is 8.42 Å². The number of hydrogen-bond acceptors (Lipinski definition) is 3. The molecule has 0 radical (unpaired) electrons. The highest BCUT2D eigenvalue weighted by molar-refractivity contribution is 9.10. The molecule has 3 nitrogen and oxygen atoms in total. The van der Waals surface area contributed by atoms with Crippen LogP contribution in [0, 0.1) is 6.92 Å². The Labute approximate surface area is 118 Å². The summed E-state index contributed by atoms with van der Waals surface area (Å²) in [6.45, 7) is 3.69. The van der Waals surface area contributed by atoms with Crippen molar-refractivity contribution in [2.24, 2.45) is 5.73 Å². The number of sulfone groups is 1. The monoisotopic (exact) mass is 333 g/mol. The number of benzene rings is 1. The zero-order valence-electron chi connectivity index (χ0n) is 10.8. The molecule has 0 bridgehead atoms. The molecule has 1 aromatic rings. The lowest BCUT2D eigenvalue weighted by Gasteiger charge is -2.13. The second-order valence-corrected chi connectivity index (χ2v) is 7.82. The first-order valence-corrected chi connectivity index (χ1v) is 8.69. The largest absolute Gasteiger partial charge is 0.324 e. The minimum Gasteiger partial charge on any atom is -0.324 e. The molecular weight excluding hydrogens is 314 g/mol. The van der Waals surface area contributed by atoms with Crippen molar-refractivity contribution in [3.8, 4) is 0 Å². The van der Waals surface area contributed by atoms with Crippen LogP contribution in [-0.2, 0) is 9.84 Å². The zero-order valence-corrected chi connectivity index (χ0v) is 13.2. The highest BCUT2D eigenvalue weighted by Crippen LogP contribution is 2.23. The number of aryl methyl sites for hydroxylation is 1. The quantitative estimate of drug-likeness (QED) is 0.870. The molecule has 1 rings (SSSR count). The van der Waals surface area contributed by atoms with Crippen LogP contribution in [0.1, 0.15) is 36.9 Å². The van der Waals surface area contributed by atoms with Crippen molar-refractivity contribution in [2.75, 3.05) is 11.5 Å². The third-order valence-electron chi connectivity index (χ3n) is 3.03. The average Bonchev–Trinajstić information content (AvgIpc) is 2.32. The van der Waals surface area contributed by atoms with Crippen LogP contribution in [0.25, 0.3) is 0 Å². The number of nitrogens with two attached hydrogens (primary N) is 1. The molecule has 5 heteroatoms. The number of hydrogen-bond donors (Lipinski definition) is 1. The minimum atomic E-state index is -2.88. The van der Waals surface area contributed by atoms with Gasteiger partial charge in [-0.3, -0.25) is 0 Å². The molecule has 2 N–H and O–H groups in total. The van der Waals surface area contributed by atoms with Gasteiger partial charge in [0.25, 0.3) is 0 Å². The molecule has 1 unspecified atom stereocenters. The average molecular weight is 334 g/mol. The predicted octanol–water partition coefficient (Wildman–Crippen LogP) is 2.97. The zero-order chi connectivity index (χ0) is 13.8. The van der Waals surface area contributed by atoms with Gasteiger partial charge in [0, 0.05) is 16.3 Å². The SMILES string of the molecule is CCS(=O)(=O)CCCC(N)c1ccc(C)c(Br)c1. The van der Waals surface area contributed by atoms with E-state index in [1.165, 1.54) is 5.56 Å². The molecule has 1 aromatic carbocycles. The molecule has 18 heavy (non-hydrogen) atoms. The smallest absolute Gasteiger partial charge is 0.150 e. The summed E-state index contributed by atoms with van der Waals surface area (Å²) in [6.07, 6.45) is 1.30. The molecule has 0 saturated heterocycles. The van der Waals surface area contributed by atoms with Crippen molar-refractivity contribution in [3.05, 3.63) is 33.8 Å². The Morgan fingerprint density at radius 1 is 1.39 bits per heavy atom. The van der Waals surface area contributed by atoms with Crippen LogP contribution in [-0.4, -0.2) is 19.9 Å². The van der Waals surface area contributed by atoms with Crippen LogP contribution in [0.15, 0.2) is 22.7 Å². The van der Waals surface area contributed by atoms with Gasteiger partial charge in [0.2, 0.25) is 0 Å². The van der Waals surface area contributed by atoms with Crippen molar-refractivity contribution < 1.29 is 8.42 Å². The lowest BCUT2D eigenvalue weighted by Crippen LogP contribution is -2.14. The Balaban J connectivity index is 2.55. The van der Waals surface area contributed by atoms with E-state index in [1.807, 2.05) is 25.1 Å². The molecule has 0 aliphatic heterocycles. The molecule has 0 aliphatic carbocycles. The van der Waals surface area contributed by atoms with Crippen molar-refractivity contribution in [3.63, 3.8) is 0 Å². The van der Waals surface area contributed by atoms with Crippen LogP contribution in [0.3, 0.4) is 0 Å². The highest BCUT2D eigenvalue weighted by atomic mass is 79.9. The first-order chi connectivity index (χ1) is 8.35. The van der Waals surface area contributed by atoms with Crippen LogP contribution < -0.4 is 5.73 Å². The standard InChI is InChI=1S/C13H20BrNO2S/c1-3-18(16,17)8-4-5-13(15)11-7-6-10(2)12(14)9-11/h6-7,9,13H,3-5,8,15H2,1-2H3. The van der Waals surface area contributed by atoms with Gasteiger partial charge in [0.1, 0.15) is 9.84 Å². The van der Waals surface area contributed by atoms with E-state index in [0.29, 0.717) is 12.8 Å². The van der Waals surface area contributed by atoms with Gasteiger partial charge < -0.3 is 5.73 Å². The fraction of sp³-hybridized carbons (Fsp3) is 0.538. The minimum absolute atomic E-state index is 0.103. The molecule has 102 valence electrons. The number of rotatable bonds is 6. The van der Waals surface area contributed by atoms with E-state index in [0.717, 1.165) is 10.0 Å². The van der Waals surface area contributed by atoms with E-state index in [2.05, 4.69) is 15.9 Å². The Morgan fingerprint density at radius 2 is 2.06 bits per heavy atom. The second kappa shape index (κ2) is 6.68. The lowest BCUT2D eigenvalue weighted by molar-refractivity contribution is 0.584. The maximum atomic E-state index is 11.4. The van der Waals surface area contributed by atoms with Crippen LogP contribution in [0.5, 0.6) is 0 Å². The van der Waals surface area contributed by atoms with E-state index in [1.54, 1.807) is 6.92 Å². The maximum Gasteiger partial charge on any atom is 0.150 e. The molecule has 0 amide bonds. The first-order valence-electron chi connectivity index (χ1n) is 6.08. The summed E-state index contributed by atoms with van der Waals surface area (Å²) in [5.41, 5.74) is 8.28. The summed E-state index contributed by atoms with van der Waals surface area (Å²) in [4.78, 5) is 0. The molecule has 0 aromatic heterocycles. The third kappa shape index (κ3) is 4.71. The maximum absolute atomic E-state index is 11.4. The van der Waals surface area contributed by atoms with Gasteiger partial charge in [0.15, 0.2) is 0 Å². The van der Waals surface area contributed by atoms with Gasteiger partial charge >= 0.3 is 0 Å². The topological polar surface area (TPSA) is 60.2 Å². The molecule has 0 saturated carbocycles. The lowest BCUT2D eigenvalue weighted by atomic mass is 10.0. The van der Waals surface area contributed by atoms with Gasteiger partial charge in [0.05, 0.1) is 5.75 Å². The summed E-state index contributed by atoms with van der Waals surface area (Å²) in [5, 5.41) is 0. The van der Waals surface area contributed by atoms with E-state index < -0.39 is 9.84 Å². The second-order valence-electron chi connectivity index (χ2n) is 4.49. The van der Waals surface area contributed by atoms with Crippen molar-refractivity contribution >= 4 is 25.8 Å². The van der Waals surface area contributed by atoms with Crippen LogP contribution >= 0.6 is 15.9 Å². The molecular formula is C13H20BrNO2S. The molecule has 1 atom stereocenters. The summed E-state index contributed by atoms with van der Waals surface area (Å²) < 4.78 is 23.8. The fourth-order valence-corrected chi connectivity index (χ4v) is 2.97. The molecule has 0 fully saturated rings. The van der Waals surface area contributed by atoms with Crippen LogP contribution in [0.4, 0.5) is 0 Å². The normalized spacial score (nSPS) is 13.6. The Morgan fingerprint density at radius 3 is 2.61 bits per heavy atom. The van der Waals surface area contributed by atoms with E-state index in [-0.39, 0.29) is 17.5 Å². The summed E-state index contributed by atoms with van der Waals surface area (Å²) in [5.74, 6) is 0.433. The summed E-state index contributed by atoms with van der Waals surface area (Å²) >= 11 is 3.47. The number of halogens is 1. The van der Waals surface area contributed by atoms with Crippen molar-refractivity contribution in [1.82, 2.24) is 0 Å². The fourth-order valence-electron chi connectivity index (χ4n) is 1.67. The highest BCUT2D eigenvalue weighted by Gasteiger charge is 2.11. The van der Waals surface area contributed by atoms with Crippen molar-refractivity contribution in [2.45, 2.75) is 32.7 Å². The van der Waals surface area contributed by atoms with Crippen molar-refractivity contribution in [1.29, 1.82) is 0 Å². The van der Waals surface area contributed by atoms with E-state index in [9.17, 15) is 8.42 Å². The first kappa shape index (κ1) is 15.7.